The van der Waals surface area contributed by atoms with E-state index in [1.807, 2.05) is 20.8 Å². The second-order valence-corrected chi connectivity index (χ2v) is 12.2. The number of carbonyl (C=O) groups is 3. The molecule has 0 bridgehead atoms. The highest BCUT2D eigenvalue weighted by Gasteiger charge is 2.41. The molecule has 1 saturated carbocycles. The number of amides is 3. The molecule has 2 fully saturated rings. The average Bonchev–Trinajstić information content (AvgIpc) is 3.43. The summed E-state index contributed by atoms with van der Waals surface area (Å²) in [6.07, 6.45) is 5.76. The van der Waals surface area contributed by atoms with Crippen LogP contribution < -0.4 is 5.32 Å². The van der Waals surface area contributed by atoms with Gasteiger partial charge < -0.3 is 20.2 Å². The molecule has 43 heavy (non-hydrogen) atoms. The quantitative estimate of drug-likeness (QED) is 0.323. The van der Waals surface area contributed by atoms with Crippen LogP contribution in [0.25, 0.3) is 0 Å². The van der Waals surface area contributed by atoms with Gasteiger partial charge in [0, 0.05) is 43.2 Å². The standard InChI is InChI=1S/C34H45F2N3O4/c1-4-11-38(12-5-2)34(43)26-15-22(3)14-25(20-26)33(42)37-29(18-24-16-27(35)21-28(36)17-24)32(41)30-10-13-39(30)31(40)19-23-8-6-7-9-23/h14-17,20-21,23,29-30,32,41H,4-13,18-19H2,1-3H3,(H,37,42)/t29-,30+,32-/m0/s1. The first kappa shape index (κ1) is 32.6. The zero-order valence-electron chi connectivity index (χ0n) is 25.6. The van der Waals surface area contributed by atoms with Crippen molar-refractivity contribution in [2.45, 2.75) is 96.7 Å². The first-order chi connectivity index (χ1) is 20.6. The van der Waals surface area contributed by atoms with E-state index in [0.717, 1.165) is 50.2 Å². The van der Waals surface area contributed by atoms with Crippen LogP contribution in [-0.4, -0.2) is 70.4 Å². The van der Waals surface area contributed by atoms with Crippen molar-refractivity contribution in [3.05, 3.63) is 70.3 Å². The van der Waals surface area contributed by atoms with Crippen LogP contribution >= 0.6 is 0 Å². The van der Waals surface area contributed by atoms with Gasteiger partial charge in [-0.3, -0.25) is 14.4 Å². The highest BCUT2D eigenvalue weighted by molar-refractivity contribution is 6.00. The Morgan fingerprint density at radius 3 is 2.16 bits per heavy atom. The number of aryl methyl sites for hydroxylation is 1. The third-order valence-corrected chi connectivity index (χ3v) is 8.69. The van der Waals surface area contributed by atoms with Gasteiger partial charge in [0.1, 0.15) is 11.6 Å². The first-order valence-corrected chi connectivity index (χ1v) is 15.7. The number of hydrogen-bond acceptors (Lipinski definition) is 4. The summed E-state index contributed by atoms with van der Waals surface area (Å²) in [4.78, 5) is 43.5. The summed E-state index contributed by atoms with van der Waals surface area (Å²) in [5, 5.41) is 14.4. The molecule has 3 amide bonds. The van der Waals surface area contributed by atoms with E-state index >= 15 is 0 Å². The largest absolute Gasteiger partial charge is 0.389 e. The number of rotatable bonds is 13. The zero-order chi connectivity index (χ0) is 31.1. The van der Waals surface area contributed by atoms with E-state index in [4.69, 9.17) is 0 Å². The predicted octanol–water partition coefficient (Wildman–Crippen LogP) is 5.42. The van der Waals surface area contributed by atoms with E-state index in [9.17, 15) is 28.3 Å². The number of carbonyl (C=O) groups excluding carboxylic acids is 3. The smallest absolute Gasteiger partial charge is 0.253 e. The Bertz CT molecular complexity index is 1270. The van der Waals surface area contributed by atoms with E-state index in [1.165, 1.54) is 12.1 Å². The lowest BCUT2D eigenvalue weighted by Crippen LogP contribution is -2.62. The summed E-state index contributed by atoms with van der Waals surface area (Å²) >= 11 is 0. The summed E-state index contributed by atoms with van der Waals surface area (Å²) < 4.78 is 28.1. The summed E-state index contributed by atoms with van der Waals surface area (Å²) in [5.41, 5.74) is 1.66. The molecule has 0 spiro atoms. The Morgan fingerprint density at radius 1 is 0.953 bits per heavy atom. The molecule has 9 heteroatoms. The van der Waals surface area contributed by atoms with Crippen LogP contribution in [0.5, 0.6) is 0 Å². The molecule has 1 saturated heterocycles. The third kappa shape index (κ3) is 8.40. The minimum Gasteiger partial charge on any atom is -0.389 e. The maximum absolute atomic E-state index is 14.1. The molecule has 0 unspecified atom stereocenters. The zero-order valence-corrected chi connectivity index (χ0v) is 25.6. The monoisotopic (exact) mass is 597 g/mol. The van der Waals surface area contributed by atoms with E-state index in [2.05, 4.69) is 5.32 Å². The molecule has 4 rings (SSSR count). The highest BCUT2D eigenvalue weighted by atomic mass is 19.1. The number of aliphatic hydroxyl groups excluding tert-OH is 1. The fraction of sp³-hybridized carbons (Fsp3) is 0.559. The van der Waals surface area contributed by atoms with Gasteiger partial charge in [-0.2, -0.15) is 0 Å². The van der Waals surface area contributed by atoms with Gasteiger partial charge in [0.2, 0.25) is 5.91 Å². The number of halogens is 2. The molecule has 0 aromatic heterocycles. The molecule has 2 N–H and O–H groups in total. The van der Waals surface area contributed by atoms with Gasteiger partial charge in [-0.25, -0.2) is 8.78 Å². The lowest BCUT2D eigenvalue weighted by atomic mass is 9.88. The molecular weight excluding hydrogens is 552 g/mol. The van der Waals surface area contributed by atoms with Crippen LogP contribution in [0.3, 0.4) is 0 Å². The summed E-state index contributed by atoms with van der Waals surface area (Å²) in [7, 11) is 0. The van der Waals surface area contributed by atoms with Crippen molar-refractivity contribution in [2.75, 3.05) is 19.6 Å². The SMILES string of the molecule is CCCN(CCC)C(=O)c1cc(C)cc(C(=O)N[C@@H](Cc2cc(F)cc(F)c2)[C@H](O)[C@H]2CCN2C(=O)CC2CCCC2)c1. The molecule has 2 aromatic rings. The van der Waals surface area contributed by atoms with Crippen LogP contribution in [0, 0.1) is 24.5 Å². The molecule has 1 heterocycles. The predicted molar refractivity (Wildman–Crippen MR) is 162 cm³/mol. The van der Waals surface area contributed by atoms with Crippen LogP contribution in [0.15, 0.2) is 36.4 Å². The molecule has 0 radical (unpaired) electrons. The van der Waals surface area contributed by atoms with Crippen molar-refractivity contribution in [2.24, 2.45) is 5.92 Å². The Kier molecular flexibility index (Phi) is 11.3. The van der Waals surface area contributed by atoms with Crippen molar-refractivity contribution in [1.82, 2.24) is 15.1 Å². The van der Waals surface area contributed by atoms with Gasteiger partial charge in [-0.15, -0.1) is 0 Å². The van der Waals surface area contributed by atoms with Crippen LogP contribution in [0.2, 0.25) is 0 Å². The van der Waals surface area contributed by atoms with Gasteiger partial charge in [-0.05, 0) is 92.8 Å². The topological polar surface area (TPSA) is 89.9 Å². The molecule has 2 aliphatic rings. The minimum atomic E-state index is -1.16. The van der Waals surface area contributed by atoms with Crippen LogP contribution in [0.1, 0.15) is 97.1 Å². The summed E-state index contributed by atoms with van der Waals surface area (Å²) in [5.74, 6) is -1.82. The number of nitrogens with one attached hydrogen (secondary N) is 1. The van der Waals surface area contributed by atoms with E-state index in [0.29, 0.717) is 44.0 Å². The number of likely N-dealkylation sites (tertiary alicyclic amines) is 1. The molecule has 7 nitrogen and oxygen atoms in total. The van der Waals surface area contributed by atoms with Crippen molar-refractivity contribution in [3.63, 3.8) is 0 Å². The van der Waals surface area contributed by atoms with Crippen LogP contribution in [0.4, 0.5) is 8.78 Å². The molecule has 2 aromatic carbocycles. The fourth-order valence-electron chi connectivity index (χ4n) is 6.49. The Labute approximate surface area is 253 Å². The first-order valence-electron chi connectivity index (χ1n) is 15.7. The van der Waals surface area contributed by atoms with Gasteiger partial charge >= 0.3 is 0 Å². The Morgan fingerprint density at radius 2 is 1.58 bits per heavy atom. The highest BCUT2D eigenvalue weighted by Crippen LogP contribution is 2.31. The van der Waals surface area contributed by atoms with Gasteiger partial charge in [0.15, 0.2) is 0 Å². The molecular formula is C34H45F2N3O4. The Hall–Kier alpha value is -3.33. The molecule has 3 atom stereocenters. The van der Waals surface area contributed by atoms with E-state index < -0.39 is 35.7 Å². The van der Waals surface area contributed by atoms with Gasteiger partial charge in [-0.1, -0.05) is 26.7 Å². The van der Waals surface area contributed by atoms with Gasteiger partial charge in [0.25, 0.3) is 11.8 Å². The number of hydrogen-bond donors (Lipinski definition) is 2. The van der Waals surface area contributed by atoms with Crippen LogP contribution in [-0.2, 0) is 11.2 Å². The van der Waals surface area contributed by atoms with Gasteiger partial charge in [0.05, 0.1) is 18.2 Å². The number of aliphatic hydroxyl groups is 1. The van der Waals surface area contributed by atoms with Crippen molar-refractivity contribution in [1.29, 1.82) is 0 Å². The van der Waals surface area contributed by atoms with E-state index in [-0.39, 0.29) is 29.4 Å². The van der Waals surface area contributed by atoms with E-state index in [1.54, 1.807) is 28.0 Å². The maximum Gasteiger partial charge on any atom is 0.253 e. The lowest BCUT2D eigenvalue weighted by Gasteiger charge is -2.46. The maximum atomic E-state index is 14.1. The Balaban J connectivity index is 1.56. The molecule has 1 aliphatic heterocycles. The number of nitrogens with zero attached hydrogens (tertiary/aromatic N) is 2. The van der Waals surface area contributed by atoms with Crippen molar-refractivity contribution < 1.29 is 28.3 Å². The molecule has 234 valence electrons. The fourth-order valence-corrected chi connectivity index (χ4v) is 6.49. The lowest BCUT2D eigenvalue weighted by molar-refractivity contribution is -0.145. The third-order valence-electron chi connectivity index (χ3n) is 8.69. The summed E-state index contributed by atoms with van der Waals surface area (Å²) in [6.45, 7) is 7.56. The second kappa shape index (κ2) is 14.9. The number of benzene rings is 2. The second-order valence-electron chi connectivity index (χ2n) is 12.2. The average molecular weight is 598 g/mol. The summed E-state index contributed by atoms with van der Waals surface area (Å²) in [6, 6.07) is 6.66. The molecule has 1 aliphatic carbocycles. The minimum absolute atomic E-state index is 0.00497. The van der Waals surface area contributed by atoms with Crippen molar-refractivity contribution >= 4 is 17.7 Å². The van der Waals surface area contributed by atoms with Crippen molar-refractivity contribution in [3.8, 4) is 0 Å². The normalized spacial score (nSPS) is 18.2.